The van der Waals surface area contributed by atoms with Gasteiger partial charge in [0.05, 0.1) is 7.11 Å². The molecular weight excluding hydrogens is 264 g/mol. The summed E-state index contributed by atoms with van der Waals surface area (Å²) in [5.74, 6) is 0.281. The van der Waals surface area contributed by atoms with Crippen molar-refractivity contribution in [2.45, 2.75) is 43.0 Å². The van der Waals surface area contributed by atoms with Crippen molar-refractivity contribution >= 4 is 15.7 Å². The van der Waals surface area contributed by atoms with Crippen molar-refractivity contribution in [3.05, 3.63) is 18.2 Å². The molecule has 1 aromatic carbocycles. The molecule has 0 aliphatic heterocycles. The SMILES string of the molecule is COc1cc(N)ccc1S(=O)(=O)NC1CCCCC1. The molecule has 106 valence electrons. The van der Waals surface area contributed by atoms with Crippen LogP contribution < -0.4 is 15.2 Å². The Kier molecular flexibility index (Phi) is 4.31. The molecule has 1 saturated carbocycles. The van der Waals surface area contributed by atoms with E-state index in [1.54, 1.807) is 6.07 Å². The Bertz CT molecular complexity index is 537. The Labute approximate surface area is 114 Å². The highest BCUT2D eigenvalue weighted by atomic mass is 32.2. The first-order valence-corrected chi connectivity index (χ1v) is 7.97. The minimum atomic E-state index is -3.55. The number of nitrogen functional groups attached to an aromatic ring is 1. The second-order valence-corrected chi connectivity index (χ2v) is 6.55. The third-order valence-electron chi connectivity index (χ3n) is 3.40. The van der Waals surface area contributed by atoms with Gasteiger partial charge in [-0.2, -0.15) is 0 Å². The van der Waals surface area contributed by atoms with Gasteiger partial charge in [0.15, 0.2) is 0 Å². The molecule has 0 atom stereocenters. The molecule has 1 aliphatic carbocycles. The predicted octanol–water partition coefficient (Wildman–Crippen LogP) is 1.89. The Morgan fingerprint density at radius 2 is 1.95 bits per heavy atom. The molecule has 0 unspecified atom stereocenters. The maximum Gasteiger partial charge on any atom is 0.244 e. The largest absolute Gasteiger partial charge is 0.495 e. The van der Waals surface area contributed by atoms with E-state index in [4.69, 9.17) is 10.5 Å². The summed E-state index contributed by atoms with van der Waals surface area (Å²) in [7, 11) is -2.11. The minimum absolute atomic E-state index is 0.0287. The van der Waals surface area contributed by atoms with E-state index in [0.29, 0.717) is 5.69 Å². The van der Waals surface area contributed by atoms with E-state index in [1.165, 1.54) is 25.7 Å². The summed E-state index contributed by atoms with van der Waals surface area (Å²) in [6.07, 6.45) is 5.13. The minimum Gasteiger partial charge on any atom is -0.495 e. The van der Waals surface area contributed by atoms with Crippen molar-refractivity contribution in [3.8, 4) is 5.75 Å². The van der Waals surface area contributed by atoms with E-state index in [2.05, 4.69) is 4.72 Å². The molecule has 0 saturated heterocycles. The van der Waals surface area contributed by atoms with E-state index in [0.717, 1.165) is 25.7 Å². The van der Waals surface area contributed by atoms with Gasteiger partial charge < -0.3 is 10.5 Å². The van der Waals surface area contributed by atoms with E-state index < -0.39 is 10.0 Å². The number of nitrogens with one attached hydrogen (secondary N) is 1. The van der Waals surface area contributed by atoms with Crippen LogP contribution in [0.3, 0.4) is 0 Å². The lowest BCUT2D eigenvalue weighted by atomic mass is 9.96. The topological polar surface area (TPSA) is 81.4 Å². The average Bonchev–Trinajstić information content (AvgIpc) is 2.38. The average molecular weight is 284 g/mol. The normalized spacial score (nSPS) is 17.3. The molecule has 5 nitrogen and oxygen atoms in total. The molecule has 0 radical (unpaired) electrons. The molecular formula is C13H20N2O3S. The number of hydrogen-bond acceptors (Lipinski definition) is 4. The predicted molar refractivity (Wildman–Crippen MR) is 74.6 cm³/mol. The number of sulfonamides is 1. The summed E-state index contributed by atoms with van der Waals surface area (Å²) in [5.41, 5.74) is 6.12. The van der Waals surface area contributed by atoms with E-state index in [1.807, 2.05) is 0 Å². The summed E-state index contributed by atoms with van der Waals surface area (Å²) in [6.45, 7) is 0. The third-order valence-corrected chi connectivity index (χ3v) is 4.96. The maximum absolute atomic E-state index is 12.4. The van der Waals surface area contributed by atoms with Crippen molar-refractivity contribution in [1.29, 1.82) is 0 Å². The Morgan fingerprint density at radius 3 is 2.58 bits per heavy atom. The van der Waals surface area contributed by atoms with Crippen molar-refractivity contribution in [3.63, 3.8) is 0 Å². The highest BCUT2D eigenvalue weighted by Crippen LogP contribution is 2.27. The van der Waals surface area contributed by atoms with Crippen LogP contribution in [0.2, 0.25) is 0 Å². The highest BCUT2D eigenvalue weighted by molar-refractivity contribution is 7.89. The highest BCUT2D eigenvalue weighted by Gasteiger charge is 2.24. The number of anilines is 1. The number of nitrogens with two attached hydrogens (primary N) is 1. The lowest BCUT2D eigenvalue weighted by Gasteiger charge is -2.23. The molecule has 0 heterocycles. The van der Waals surface area contributed by atoms with Crippen LogP contribution in [0.25, 0.3) is 0 Å². The van der Waals surface area contributed by atoms with Crippen LogP contribution >= 0.6 is 0 Å². The molecule has 0 amide bonds. The van der Waals surface area contributed by atoms with Crippen molar-refractivity contribution < 1.29 is 13.2 Å². The molecule has 19 heavy (non-hydrogen) atoms. The molecule has 1 aliphatic rings. The molecule has 0 bridgehead atoms. The fourth-order valence-electron chi connectivity index (χ4n) is 2.41. The van der Waals surface area contributed by atoms with Gasteiger partial charge in [-0.05, 0) is 25.0 Å². The molecule has 2 rings (SSSR count). The number of hydrogen-bond donors (Lipinski definition) is 2. The molecule has 1 fully saturated rings. The van der Waals surface area contributed by atoms with Gasteiger partial charge >= 0.3 is 0 Å². The molecule has 1 aromatic rings. The Balaban J connectivity index is 2.23. The van der Waals surface area contributed by atoms with Crippen LogP contribution in [0.1, 0.15) is 32.1 Å². The van der Waals surface area contributed by atoms with Crippen LogP contribution in [0.4, 0.5) is 5.69 Å². The van der Waals surface area contributed by atoms with Crippen LogP contribution in [0.15, 0.2) is 23.1 Å². The summed E-state index contributed by atoms with van der Waals surface area (Å²) >= 11 is 0. The smallest absolute Gasteiger partial charge is 0.244 e. The Hall–Kier alpha value is -1.27. The van der Waals surface area contributed by atoms with Crippen molar-refractivity contribution in [1.82, 2.24) is 4.72 Å². The van der Waals surface area contributed by atoms with Crippen molar-refractivity contribution in [2.24, 2.45) is 0 Å². The van der Waals surface area contributed by atoms with Crippen molar-refractivity contribution in [2.75, 3.05) is 12.8 Å². The summed E-state index contributed by atoms with van der Waals surface area (Å²) in [6, 6.07) is 4.60. The maximum atomic E-state index is 12.4. The standard InChI is InChI=1S/C13H20N2O3S/c1-18-12-9-10(14)7-8-13(12)19(16,17)15-11-5-3-2-4-6-11/h7-9,11,15H,2-6,14H2,1H3. The van der Waals surface area contributed by atoms with Crippen LogP contribution in [0, 0.1) is 0 Å². The van der Waals surface area contributed by atoms with Gasteiger partial charge in [-0.25, -0.2) is 13.1 Å². The van der Waals surface area contributed by atoms with Gasteiger partial charge in [-0.1, -0.05) is 19.3 Å². The first-order valence-electron chi connectivity index (χ1n) is 6.49. The fourth-order valence-corrected chi connectivity index (χ4v) is 3.87. The molecule has 0 spiro atoms. The molecule has 3 N–H and O–H groups in total. The molecule has 0 aromatic heterocycles. The zero-order valence-corrected chi connectivity index (χ0v) is 11.9. The molecule has 6 heteroatoms. The monoisotopic (exact) mass is 284 g/mol. The number of benzene rings is 1. The van der Waals surface area contributed by atoms with Crippen LogP contribution in [-0.4, -0.2) is 21.6 Å². The second-order valence-electron chi connectivity index (χ2n) is 4.87. The summed E-state index contributed by atoms with van der Waals surface area (Å²) in [4.78, 5) is 0.148. The summed E-state index contributed by atoms with van der Waals surface area (Å²) < 4.78 is 32.6. The third kappa shape index (κ3) is 3.39. The van der Waals surface area contributed by atoms with Gasteiger partial charge in [0.2, 0.25) is 10.0 Å². The number of rotatable bonds is 4. The van der Waals surface area contributed by atoms with Crippen LogP contribution in [0.5, 0.6) is 5.75 Å². The number of methoxy groups -OCH3 is 1. The number of ether oxygens (including phenoxy) is 1. The van der Waals surface area contributed by atoms with Gasteiger partial charge in [0.1, 0.15) is 10.6 Å². The first-order chi connectivity index (χ1) is 9.03. The lowest BCUT2D eigenvalue weighted by molar-refractivity contribution is 0.397. The zero-order valence-electron chi connectivity index (χ0n) is 11.1. The van der Waals surface area contributed by atoms with Gasteiger partial charge in [0, 0.05) is 17.8 Å². The van der Waals surface area contributed by atoms with E-state index in [-0.39, 0.29) is 16.7 Å². The summed E-state index contributed by atoms with van der Waals surface area (Å²) in [5, 5.41) is 0. The quantitative estimate of drug-likeness (QED) is 0.827. The van der Waals surface area contributed by atoms with E-state index in [9.17, 15) is 8.42 Å². The Morgan fingerprint density at radius 1 is 1.26 bits per heavy atom. The van der Waals surface area contributed by atoms with Gasteiger partial charge in [0.25, 0.3) is 0 Å². The lowest BCUT2D eigenvalue weighted by Crippen LogP contribution is -2.36. The van der Waals surface area contributed by atoms with Gasteiger partial charge in [-0.15, -0.1) is 0 Å². The van der Waals surface area contributed by atoms with Crippen LogP contribution in [-0.2, 0) is 10.0 Å². The zero-order chi connectivity index (χ0) is 13.9. The first kappa shape index (κ1) is 14.1. The van der Waals surface area contributed by atoms with Gasteiger partial charge in [-0.3, -0.25) is 0 Å². The fraction of sp³-hybridized carbons (Fsp3) is 0.538. The van der Waals surface area contributed by atoms with E-state index >= 15 is 0 Å². The second kappa shape index (κ2) is 5.79.